The molecule has 7 nitrogen and oxygen atoms in total. The highest BCUT2D eigenvalue weighted by molar-refractivity contribution is 14.0. The van der Waals surface area contributed by atoms with Crippen molar-refractivity contribution in [2.75, 3.05) is 26.7 Å². The number of aryl methyl sites for hydroxylation is 1. The number of halogens is 1. The molecule has 164 valence electrons. The van der Waals surface area contributed by atoms with Gasteiger partial charge in [0.25, 0.3) is 0 Å². The zero-order valence-corrected chi connectivity index (χ0v) is 20.4. The van der Waals surface area contributed by atoms with Crippen LogP contribution in [0.4, 0.5) is 0 Å². The lowest BCUT2D eigenvalue weighted by Crippen LogP contribution is -2.46. The van der Waals surface area contributed by atoms with E-state index in [0.717, 1.165) is 55.4 Å². The molecule has 1 aromatic carbocycles. The molecular formula is C22H33IN6O. The monoisotopic (exact) mass is 524 g/mol. The summed E-state index contributed by atoms with van der Waals surface area (Å²) >= 11 is 0. The van der Waals surface area contributed by atoms with Crippen LogP contribution in [0.3, 0.4) is 0 Å². The van der Waals surface area contributed by atoms with E-state index in [9.17, 15) is 4.79 Å². The van der Waals surface area contributed by atoms with Crippen molar-refractivity contribution in [3.63, 3.8) is 0 Å². The van der Waals surface area contributed by atoms with Gasteiger partial charge in [-0.1, -0.05) is 18.2 Å². The number of carbonyl (C=O) groups excluding carboxylic acids is 1. The third-order valence-corrected chi connectivity index (χ3v) is 5.36. The van der Waals surface area contributed by atoms with Gasteiger partial charge in [0.05, 0.1) is 17.9 Å². The van der Waals surface area contributed by atoms with E-state index in [4.69, 9.17) is 4.99 Å². The number of piperidine rings is 1. The summed E-state index contributed by atoms with van der Waals surface area (Å²) in [5, 5.41) is 10.7. The summed E-state index contributed by atoms with van der Waals surface area (Å²) < 4.78 is 1.91. The number of aromatic nitrogens is 2. The van der Waals surface area contributed by atoms with Gasteiger partial charge in [-0.05, 0) is 50.3 Å². The summed E-state index contributed by atoms with van der Waals surface area (Å²) in [5.74, 6) is 1.53. The van der Waals surface area contributed by atoms with Crippen molar-refractivity contribution in [2.24, 2.45) is 10.9 Å². The van der Waals surface area contributed by atoms with Gasteiger partial charge in [0.15, 0.2) is 5.96 Å². The van der Waals surface area contributed by atoms with Crippen LogP contribution in [0.2, 0.25) is 0 Å². The Kier molecular flexibility index (Phi) is 9.61. The van der Waals surface area contributed by atoms with E-state index in [1.54, 1.807) is 7.05 Å². The van der Waals surface area contributed by atoms with Crippen molar-refractivity contribution in [1.82, 2.24) is 25.3 Å². The number of guanidine groups is 1. The van der Waals surface area contributed by atoms with E-state index < -0.39 is 0 Å². The number of amides is 1. The SMILES string of the molecule is CCNC(=NCc1ccccc1-n1ccc(C)n1)N1CCC(CC(=O)NC)CC1.I. The van der Waals surface area contributed by atoms with E-state index in [0.29, 0.717) is 18.9 Å². The Morgan fingerprint density at radius 1 is 1.23 bits per heavy atom. The van der Waals surface area contributed by atoms with Crippen LogP contribution in [-0.4, -0.2) is 53.2 Å². The fourth-order valence-electron chi connectivity index (χ4n) is 3.72. The molecule has 0 bridgehead atoms. The highest BCUT2D eigenvalue weighted by atomic mass is 127. The molecule has 2 aromatic rings. The minimum atomic E-state index is 0. The molecule has 0 saturated carbocycles. The molecule has 0 atom stereocenters. The number of nitrogens with zero attached hydrogens (tertiary/aromatic N) is 4. The first-order valence-corrected chi connectivity index (χ1v) is 10.4. The molecule has 2 N–H and O–H groups in total. The molecule has 3 rings (SSSR count). The van der Waals surface area contributed by atoms with Crippen LogP contribution in [0.25, 0.3) is 5.69 Å². The molecule has 0 spiro atoms. The van der Waals surface area contributed by atoms with Crippen LogP contribution in [0, 0.1) is 12.8 Å². The number of carbonyl (C=O) groups is 1. The van der Waals surface area contributed by atoms with Crippen molar-refractivity contribution < 1.29 is 4.79 Å². The van der Waals surface area contributed by atoms with Gasteiger partial charge in [-0.3, -0.25) is 4.79 Å². The third-order valence-electron chi connectivity index (χ3n) is 5.36. The van der Waals surface area contributed by atoms with Crippen molar-refractivity contribution in [3.8, 4) is 5.69 Å². The summed E-state index contributed by atoms with van der Waals surface area (Å²) in [4.78, 5) is 18.9. The zero-order valence-electron chi connectivity index (χ0n) is 18.1. The second-order valence-electron chi connectivity index (χ2n) is 7.51. The second kappa shape index (κ2) is 11.9. The van der Waals surface area contributed by atoms with Crippen LogP contribution >= 0.6 is 24.0 Å². The molecule has 30 heavy (non-hydrogen) atoms. The maximum atomic E-state index is 11.6. The fraction of sp³-hybridized carbons (Fsp3) is 0.500. The van der Waals surface area contributed by atoms with Gasteiger partial charge in [0.2, 0.25) is 5.91 Å². The maximum Gasteiger partial charge on any atom is 0.220 e. The lowest BCUT2D eigenvalue weighted by atomic mass is 9.93. The van der Waals surface area contributed by atoms with Gasteiger partial charge >= 0.3 is 0 Å². The van der Waals surface area contributed by atoms with E-state index in [2.05, 4.69) is 39.7 Å². The quantitative estimate of drug-likeness (QED) is 0.346. The number of hydrogen-bond donors (Lipinski definition) is 2. The Morgan fingerprint density at radius 2 is 1.97 bits per heavy atom. The summed E-state index contributed by atoms with van der Waals surface area (Å²) in [7, 11) is 1.70. The van der Waals surface area contributed by atoms with E-state index >= 15 is 0 Å². The first-order valence-electron chi connectivity index (χ1n) is 10.4. The van der Waals surface area contributed by atoms with Gasteiger partial charge < -0.3 is 15.5 Å². The van der Waals surface area contributed by atoms with Gasteiger partial charge in [-0.2, -0.15) is 5.10 Å². The minimum Gasteiger partial charge on any atom is -0.359 e. The normalized spacial score (nSPS) is 14.9. The molecule has 0 radical (unpaired) electrons. The Morgan fingerprint density at radius 3 is 2.60 bits per heavy atom. The first-order chi connectivity index (χ1) is 14.1. The van der Waals surface area contributed by atoms with Crippen LogP contribution in [0.1, 0.15) is 37.4 Å². The van der Waals surface area contributed by atoms with Crippen molar-refractivity contribution in [2.45, 2.75) is 39.7 Å². The predicted molar refractivity (Wildman–Crippen MR) is 132 cm³/mol. The fourth-order valence-corrected chi connectivity index (χ4v) is 3.72. The number of para-hydroxylation sites is 1. The number of nitrogens with one attached hydrogen (secondary N) is 2. The minimum absolute atomic E-state index is 0. The average Bonchev–Trinajstić information content (AvgIpc) is 3.18. The molecule has 0 aliphatic carbocycles. The summed E-state index contributed by atoms with van der Waals surface area (Å²) in [6.45, 7) is 7.36. The van der Waals surface area contributed by atoms with Gasteiger partial charge in [-0.25, -0.2) is 9.67 Å². The lowest BCUT2D eigenvalue weighted by Gasteiger charge is -2.34. The Labute approximate surface area is 196 Å². The molecule has 1 fully saturated rings. The number of hydrogen-bond acceptors (Lipinski definition) is 3. The topological polar surface area (TPSA) is 74.5 Å². The number of rotatable bonds is 6. The third kappa shape index (κ3) is 6.45. The molecule has 2 heterocycles. The van der Waals surface area contributed by atoms with Crippen LogP contribution in [0.15, 0.2) is 41.5 Å². The number of likely N-dealkylation sites (tertiary alicyclic amines) is 1. The molecule has 0 unspecified atom stereocenters. The smallest absolute Gasteiger partial charge is 0.220 e. The lowest BCUT2D eigenvalue weighted by molar-refractivity contribution is -0.121. The standard InChI is InChI=1S/C22H32N6O.HI/c1-4-24-22(27-12-10-18(11-13-27)15-21(29)23-3)25-16-19-7-5-6-8-20(19)28-14-9-17(2)26-28;/h5-9,14,18H,4,10-13,15-16H2,1-3H3,(H,23,29)(H,24,25);1H. The Hall–Kier alpha value is -2.10. The van der Waals surface area contributed by atoms with Crippen LogP contribution in [-0.2, 0) is 11.3 Å². The predicted octanol–water partition coefficient (Wildman–Crippen LogP) is 3.11. The number of aliphatic imine (C=N–C) groups is 1. The molecule has 1 aliphatic heterocycles. The summed E-state index contributed by atoms with van der Waals surface area (Å²) in [6, 6.07) is 10.3. The Balaban J connectivity index is 0.00000320. The van der Waals surface area contributed by atoms with Crippen LogP contribution < -0.4 is 10.6 Å². The largest absolute Gasteiger partial charge is 0.359 e. The molecule has 1 aliphatic rings. The number of benzene rings is 1. The zero-order chi connectivity index (χ0) is 20.6. The van der Waals surface area contributed by atoms with Gasteiger partial charge in [0.1, 0.15) is 0 Å². The van der Waals surface area contributed by atoms with E-state index in [1.807, 2.05) is 36.0 Å². The van der Waals surface area contributed by atoms with Crippen molar-refractivity contribution in [1.29, 1.82) is 0 Å². The molecule has 1 amide bonds. The Bertz CT molecular complexity index is 842. The summed E-state index contributed by atoms with van der Waals surface area (Å²) in [5.41, 5.74) is 3.20. The van der Waals surface area contributed by atoms with Crippen LogP contribution in [0.5, 0.6) is 0 Å². The van der Waals surface area contributed by atoms with Gasteiger partial charge in [0, 0.05) is 39.3 Å². The van der Waals surface area contributed by atoms with Gasteiger partial charge in [-0.15, -0.1) is 24.0 Å². The molecule has 1 saturated heterocycles. The molecule has 8 heteroatoms. The highest BCUT2D eigenvalue weighted by Gasteiger charge is 2.23. The first kappa shape index (κ1) is 24.2. The van der Waals surface area contributed by atoms with Crippen molar-refractivity contribution in [3.05, 3.63) is 47.8 Å². The van der Waals surface area contributed by atoms with E-state index in [1.165, 1.54) is 0 Å². The second-order valence-corrected chi connectivity index (χ2v) is 7.51. The average molecular weight is 524 g/mol. The maximum absolute atomic E-state index is 11.6. The molecule has 1 aromatic heterocycles. The van der Waals surface area contributed by atoms with E-state index in [-0.39, 0.29) is 29.9 Å². The summed E-state index contributed by atoms with van der Waals surface area (Å²) in [6.07, 6.45) is 4.64. The molecular weight excluding hydrogens is 491 g/mol. The van der Waals surface area contributed by atoms with Crippen molar-refractivity contribution >= 4 is 35.8 Å². The highest BCUT2D eigenvalue weighted by Crippen LogP contribution is 2.21.